The monoisotopic (exact) mass is 212 g/mol. The van der Waals surface area contributed by atoms with Gasteiger partial charge in [0.15, 0.2) is 6.29 Å². The Balaban J connectivity index is 2.19. The molecule has 2 aromatic rings. The van der Waals surface area contributed by atoms with Gasteiger partial charge in [0.25, 0.3) is 0 Å². The van der Waals surface area contributed by atoms with Crippen molar-refractivity contribution in [2.45, 2.75) is 19.3 Å². The third kappa shape index (κ3) is 1.28. The van der Waals surface area contributed by atoms with Crippen LogP contribution in [0.25, 0.3) is 5.69 Å². The minimum Gasteiger partial charge on any atom is -0.296 e. The average molecular weight is 212 g/mol. The van der Waals surface area contributed by atoms with E-state index in [1.807, 2.05) is 30.3 Å². The number of nitrogens with zero attached hydrogens (tertiary/aromatic N) is 2. The van der Waals surface area contributed by atoms with Crippen LogP contribution in [0.1, 0.15) is 28.2 Å². The third-order valence-electron chi connectivity index (χ3n) is 3.06. The van der Waals surface area contributed by atoms with Crippen LogP contribution in [0.4, 0.5) is 0 Å². The van der Waals surface area contributed by atoms with Crippen molar-refractivity contribution < 1.29 is 4.79 Å². The standard InChI is InChI=1S/C13H12N2O/c16-9-13-11-7-4-8-12(11)14-15(13)10-5-2-1-3-6-10/h1-3,5-6,9H,4,7-8H2. The molecule has 0 amide bonds. The van der Waals surface area contributed by atoms with Gasteiger partial charge in [-0.15, -0.1) is 0 Å². The molecule has 1 heterocycles. The van der Waals surface area contributed by atoms with Gasteiger partial charge in [-0.05, 0) is 31.4 Å². The van der Waals surface area contributed by atoms with E-state index in [9.17, 15) is 4.79 Å². The molecule has 1 aromatic heterocycles. The first-order valence-corrected chi connectivity index (χ1v) is 5.51. The molecule has 0 bridgehead atoms. The van der Waals surface area contributed by atoms with Crippen molar-refractivity contribution >= 4 is 6.29 Å². The van der Waals surface area contributed by atoms with Crippen LogP contribution in [0.3, 0.4) is 0 Å². The Labute approximate surface area is 93.7 Å². The molecule has 0 unspecified atom stereocenters. The number of para-hydroxylation sites is 1. The van der Waals surface area contributed by atoms with E-state index in [1.54, 1.807) is 4.68 Å². The molecular weight excluding hydrogens is 200 g/mol. The largest absolute Gasteiger partial charge is 0.296 e. The number of aldehydes is 1. The highest BCUT2D eigenvalue weighted by molar-refractivity contribution is 5.77. The van der Waals surface area contributed by atoms with E-state index in [0.717, 1.165) is 48.2 Å². The van der Waals surface area contributed by atoms with Gasteiger partial charge in [0, 0.05) is 5.56 Å². The molecule has 3 heteroatoms. The van der Waals surface area contributed by atoms with Crippen LogP contribution in [0, 0.1) is 0 Å². The van der Waals surface area contributed by atoms with Crippen LogP contribution in [0.15, 0.2) is 30.3 Å². The summed E-state index contributed by atoms with van der Waals surface area (Å²) >= 11 is 0. The Bertz CT molecular complexity index is 528. The first-order chi connectivity index (χ1) is 7.90. The van der Waals surface area contributed by atoms with E-state index in [2.05, 4.69) is 5.10 Å². The number of hydrogen-bond donors (Lipinski definition) is 0. The van der Waals surface area contributed by atoms with E-state index in [0.29, 0.717) is 0 Å². The van der Waals surface area contributed by atoms with Gasteiger partial charge in [-0.25, -0.2) is 4.68 Å². The summed E-state index contributed by atoms with van der Waals surface area (Å²) < 4.78 is 1.76. The maximum Gasteiger partial charge on any atom is 0.168 e. The highest BCUT2D eigenvalue weighted by Gasteiger charge is 2.21. The third-order valence-corrected chi connectivity index (χ3v) is 3.06. The molecule has 1 aromatic carbocycles. The average Bonchev–Trinajstić information content (AvgIpc) is 2.89. The Hall–Kier alpha value is -1.90. The summed E-state index contributed by atoms with van der Waals surface area (Å²) in [5.41, 5.74) is 3.91. The Morgan fingerprint density at radius 2 is 2.00 bits per heavy atom. The number of aryl methyl sites for hydroxylation is 1. The van der Waals surface area contributed by atoms with Gasteiger partial charge in [-0.3, -0.25) is 4.79 Å². The van der Waals surface area contributed by atoms with E-state index in [1.165, 1.54) is 0 Å². The van der Waals surface area contributed by atoms with Crippen molar-refractivity contribution in [3.63, 3.8) is 0 Å². The Morgan fingerprint density at radius 1 is 1.19 bits per heavy atom. The zero-order valence-corrected chi connectivity index (χ0v) is 8.89. The molecule has 16 heavy (non-hydrogen) atoms. The van der Waals surface area contributed by atoms with Gasteiger partial charge in [0.05, 0.1) is 11.4 Å². The molecule has 0 radical (unpaired) electrons. The summed E-state index contributed by atoms with van der Waals surface area (Å²) in [5, 5.41) is 4.52. The molecule has 0 atom stereocenters. The summed E-state index contributed by atoms with van der Waals surface area (Å²) in [5.74, 6) is 0. The molecule has 0 spiro atoms. The highest BCUT2D eigenvalue weighted by atomic mass is 16.1. The van der Waals surface area contributed by atoms with Crippen LogP contribution in [-0.2, 0) is 12.8 Å². The van der Waals surface area contributed by atoms with E-state index < -0.39 is 0 Å². The molecule has 0 saturated carbocycles. The lowest BCUT2D eigenvalue weighted by atomic mass is 10.2. The van der Waals surface area contributed by atoms with Gasteiger partial charge in [0.1, 0.15) is 5.69 Å². The smallest absolute Gasteiger partial charge is 0.168 e. The van der Waals surface area contributed by atoms with E-state index in [4.69, 9.17) is 0 Å². The van der Waals surface area contributed by atoms with E-state index >= 15 is 0 Å². The predicted molar refractivity (Wildman–Crippen MR) is 61.0 cm³/mol. The van der Waals surface area contributed by atoms with Crippen molar-refractivity contribution in [1.82, 2.24) is 9.78 Å². The molecule has 80 valence electrons. The molecule has 0 N–H and O–H groups in total. The Kier molecular flexibility index (Phi) is 2.10. The summed E-state index contributed by atoms with van der Waals surface area (Å²) in [6, 6.07) is 9.80. The number of carbonyl (C=O) groups is 1. The van der Waals surface area contributed by atoms with Crippen molar-refractivity contribution in [2.24, 2.45) is 0 Å². The van der Waals surface area contributed by atoms with Gasteiger partial charge < -0.3 is 0 Å². The van der Waals surface area contributed by atoms with Crippen LogP contribution in [0.2, 0.25) is 0 Å². The minimum absolute atomic E-state index is 0.721. The SMILES string of the molecule is O=Cc1c2c(nn1-c1ccccc1)CCC2. The first kappa shape index (κ1) is 9.33. The maximum atomic E-state index is 11.2. The van der Waals surface area contributed by atoms with Gasteiger partial charge >= 0.3 is 0 Å². The second-order valence-corrected chi connectivity index (χ2v) is 4.03. The zero-order valence-electron chi connectivity index (χ0n) is 8.89. The molecule has 3 nitrogen and oxygen atoms in total. The second-order valence-electron chi connectivity index (χ2n) is 4.03. The number of hydrogen-bond acceptors (Lipinski definition) is 2. The van der Waals surface area contributed by atoms with Gasteiger partial charge in [0.2, 0.25) is 0 Å². The molecule has 0 saturated heterocycles. The number of benzene rings is 1. The van der Waals surface area contributed by atoms with Crippen molar-refractivity contribution in [1.29, 1.82) is 0 Å². The number of fused-ring (bicyclic) bond motifs is 1. The molecule has 0 fully saturated rings. The van der Waals surface area contributed by atoms with Crippen LogP contribution in [0.5, 0.6) is 0 Å². The number of carbonyl (C=O) groups excluding carboxylic acids is 1. The topological polar surface area (TPSA) is 34.9 Å². The summed E-state index contributed by atoms with van der Waals surface area (Å²) in [4.78, 5) is 11.2. The van der Waals surface area contributed by atoms with Crippen molar-refractivity contribution in [3.05, 3.63) is 47.3 Å². The summed E-state index contributed by atoms with van der Waals surface area (Å²) in [6.07, 6.45) is 4.02. The fourth-order valence-electron chi connectivity index (χ4n) is 2.30. The summed E-state index contributed by atoms with van der Waals surface area (Å²) in [7, 11) is 0. The first-order valence-electron chi connectivity index (χ1n) is 5.51. The lowest BCUT2D eigenvalue weighted by molar-refractivity contribution is 0.111. The lowest BCUT2D eigenvalue weighted by Crippen LogP contribution is -2.03. The number of rotatable bonds is 2. The summed E-state index contributed by atoms with van der Waals surface area (Å²) in [6.45, 7) is 0. The highest BCUT2D eigenvalue weighted by Crippen LogP contribution is 2.25. The fourth-order valence-corrected chi connectivity index (χ4v) is 2.30. The number of aromatic nitrogens is 2. The van der Waals surface area contributed by atoms with Crippen LogP contribution in [-0.4, -0.2) is 16.1 Å². The maximum absolute atomic E-state index is 11.2. The Morgan fingerprint density at radius 3 is 2.75 bits per heavy atom. The van der Waals surface area contributed by atoms with E-state index in [-0.39, 0.29) is 0 Å². The van der Waals surface area contributed by atoms with Gasteiger partial charge in [-0.2, -0.15) is 5.10 Å². The quantitative estimate of drug-likeness (QED) is 0.715. The lowest BCUT2D eigenvalue weighted by Gasteiger charge is -2.03. The molecule has 1 aliphatic rings. The normalized spacial score (nSPS) is 13.8. The predicted octanol–water partition coefficient (Wildman–Crippen LogP) is 2.17. The molecule has 0 aliphatic heterocycles. The van der Waals surface area contributed by atoms with Crippen molar-refractivity contribution in [2.75, 3.05) is 0 Å². The molecular formula is C13H12N2O. The van der Waals surface area contributed by atoms with Crippen LogP contribution < -0.4 is 0 Å². The minimum atomic E-state index is 0.721. The zero-order chi connectivity index (χ0) is 11.0. The van der Waals surface area contributed by atoms with Crippen molar-refractivity contribution in [3.8, 4) is 5.69 Å². The fraction of sp³-hybridized carbons (Fsp3) is 0.231. The molecule has 3 rings (SSSR count). The van der Waals surface area contributed by atoms with Crippen LogP contribution >= 0.6 is 0 Å². The second kappa shape index (κ2) is 3.59. The molecule has 1 aliphatic carbocycles. The van der Waals surface area contributed by atoms with Gasteiger partial charge in [-0.1, -0.05) is 18.2 Å².